The maximum Gasteiger partial charge on any atom is 0.193 e. The zero-order valence-electron chi connectivity index (χ0n) is 12.6. The highest BCUT2D eigenvalue weighted by molar-refractivity contribution is 6.18. The van der Waals surface area contributed by atoms with E-state index in [1.807, 2.05) is 55.5 Å². The molecule has 0 bridgehead atoms. The molecule has 0 fully saturated rings. The summed E-state index contributed by atoms with van der Waals surface area (Å²) in [6.07, 6.45) is 0. The molecule has 2 aromatic rings. The predicted octanol–water partition coefficient (Wildman–Crippen LogP) is 4.51. The van der Waals surface area contributed by atoms with Gasteiger partial charge in [0.2, 0.25) is 0 Å². The van der Waals surface area contributed by atoms with Crippen LogP contribution < -0.4 is 4.90 Å². The van der Waals surface area contributed by atoms with Crippen LogP contribution in [0, 0.1) is 6.92 Å². The first-order valence-corrected chi connectivity index (χ1v) is 8.31. The number of nitrogens with zero attached hydrogens (tertiary/aromatic N) is 1. The summed E-state index contributed by atoms with van der Waals surface area (Å²) in [5.74, 6) is 1.12. The van der Waals surface area contributed by atoms with Crippen molar-refractivity contribution in [2.45, 2.75) is 6.92 Å². The zero-order chi connectivity index (χ0) is 15.9. The molecule has 22 heavy (non-hydrogen) atoms. The maximum atomic E-state index is 12.4. The summed E-state index contributed by atoms with van der Waals surface area (Å²) in [6, 6.07) is 15.2. The van der Waals surface area contributed by atoms with E-state index in [9.17, 15) is 4.79 Å². The molecule has 0 amide bonds. The van der Waals surface area contributed by atoms with Crippen molar-refractivity contribution in [1.29, 1.82) is 0 Å². The maximum absolute atomic E-state index is 12.4. The fourth-order valence-electron chi connectivity index (χ4n) is 2.27. The van der Waals surface area contributed by atoms with Crippen molar-refractivity contribution < 1.29 is 4.79 Å². The first kappa shape index (κ1) is 16.9. The number of halogens is 2. The molecule has 0 aromatic heterocycles. The van der Waals surface area contributed by atoms with Crippen LogP contribution in [-0.4, -0.2) is 30.6 Å². The molecule has 0 saturated carbocycles. The number of rotatable bonds is 7. The molecule has 0 aliphatic carbocycles. The van der Waals surface area contributed by atoms with Crippen LogP contribution in [-0.2, 0) is 0 Å². The fraction of sp³-hybridized carbons (Fsp3) is 0.278. The third kappa shape index (κ3) is 4.25. The van der Waals surface area contributed by atoms with Gasteiger partial charge in [0, 0.05) is 41.7 Å². The number of aryl methyl sites for hydroxylation is 1. The SMILES string of the molecule is Cc1ccc(C(=O)c2ccc(N(CCCl)CCCl)cc2)cc1. The molecule has 4 heteroatoms. The molecule has 0 N–H and O–H groups in total. The molecule has 0 atom stereocenters. The number of carbonyl (C=O) groups is 1. The summed E-state index contributed by atoms with van der Waals surface area (Å²) >= 11 is 11.6. The third-order valence-electron chi connectivity index (χ3n) is 3.52. The van der Waals surface area contributed by atoms with Crippen molar-refractivity contribution in [2.75, 3.05) is 29.7 Å². The van der Waals surface area contributed by atoms with E-state index in [2.05, 4.69) is 4.90 Å². The van der Waals surface area contributed by atoms with Crippen LogP contribution in [0.1, 0.15) is 21.5 Å². The Hall–Kier alpha value is -1.51. The number of hydrogen-bond donors (Lipinski definition) is 0. The lowest BCUT2D eigenvalue weighted by molar-refractivity contribution is 0.103. The average molecular weight is 336 g/mol. The predicted molar refractivity (Wildman–Crippen MR) is 94.7 cm³/mol. The normalized spacial score (nSPS) is 10.5. The standard InChI is InChI=1S/C18H19Cl2NO/c1-14-2-4-15(5-3-14)18(22)16-6-8-17(9-7-16)21(12-10-19)13-11-20/h2-9H,10-13H2,1H3. The van der Waals surface area contributed by atoms with Crippen molar-refractivity contribution in [3.63, 3.8) is 0 Å². The quantitative estimate of drug-likeness (QED) is 0.548. The summed E-state index contributed by atoms with van der Waals surface area (Å²) in [4.78, 5) is 14.5. The number of anilines is 1. The third-order valence-corrected chi connectivity index (χ3v) is 3.86. The second kappa shape index (κ2) is 8.21. The van der Waals surface area contributed by atoms with Crippen LogP contribution >= 0.6 is 23.2 Å². The minimum atomic E-state index is 0.0350. The van der Waals surface area contributed by atoms with Gasteiger partial charge < -0.3 is 4.90 Å². The Kier molecular flexibility index (Phi) is 6.29. The number of carbonyl (C=O) groups excluding carboxylic acids is 1. The van der Waals surface area contributed by atoms with Crippen LogP contribution in [0.3, 0.4) is 0 Å². The lowest BCUT2D eigenvalue weighted by Gasteiger charge is -2.22. The van der Waals surface area contributed by atoms with Crippen LogP contribution in [0.4, 0.5) is 5.69 Å². The van der Waals surface area contributed by atoms with Gasteiger partial charge >= 0.3 is 0 Å². The van der Waals surface area contributed by atoms with Gasteiger partial charge in [0.15, 0.2) is 5.78 Å². The second-order valence-corrected chi connectivity index (χ2v) is 5.86. The highest BCUT2D eigenvalue weighted by Gasteiger charge is 2.10. The van der Waals surface area contributed by atoms with Gasteiger partial charge in [-0.15, -0.1) is 23.2 Å². The molecule has 0 unspecified atom stereocenters. The Morgan fingerprint density at radius 3 is 1.77 bits per heavy atom. The van der Waals surface area contributed by atoms with E-state index in [4.69, 9.17) is 23.2 Å². The van der Waals surface area contributed by atoms with E-state index >= 15 is 0 Å². The largest absolute Gasteiger partial charge is 0.369 e. The first-order valence-electron chi connectivity index (χ1n) is 7.24. The highest BCUT2D eigenvalue weighted by atomic mass is 35.5. The molecule has 0 aliphatic heterocycles. The summed E-state index contributed by atoms with van der Waals surface area (Å²) < 4.78 is 0. The van der Waals surface area contributed by atoms with Crippen molar-refractivity contribution in [3.05, 3.63) is 65.2 Å². The lowest BCUT2D eigenvalue weighted by atomic mass is 10.0. The van der Waals surface area contributed by atoms with Crippen molar-refractivity contribution in [3.8, 4) is 0 Å². The Labute approximate surface area is 141 Å². The number of alkyl halides is 2. The molecule has 116 valence electrons. The average Bonchev–Trinajstić information content (AvgIpc) is 2.55. The molecule has 0 saturated heterocycles. The molecule has 0 spiro atoms. The molecular weight excluding hydrogens is 317 g/mol. The molecule has 0 radical (unpaired) electrons. The zero-order valence-corrected chi connectivity index (χ0v) is 14.1. The van der Waals surface area contributed by atoms with E-state index < -0.39 is 0 Å². The van der Waals surface area contributed by atoms with Gasteiger partial charge in [-0.05, 0) is 31.2 Å². The first-order chi connectivity index (χ1) is 10.7. The van der Waals surface area contributed by atoms with E-state index in [1.54, 1.807) is 0 Å². The molecule has 2 aromatic carbocycles. The van der Waals surface area contributed by atoms with E-state index in [0.717, 1.165) is 24.3 Å². The monoisotopic (exact) mass is 335 g/mol. The Morgan fingerprint density at radius 1 is 0.864 bits per heavy atom. The molecule has 0 aliphatic rings. The number of hydrogen-bond acceptors (Lipinski definition) is 2. The van der Waals surface area contributed by atoms with Gasteiger partial charge in [0.1, 0.15) is 0 Å². The van der Waals surface area contributed by atoms with E-state index in [-0.39, 0.29) is 5.78 Å². The summed E-state index contributed by atoms with van der Waals surface area (Å²) in [6.45, 7) is 3.48. The minimum absolute atomic E-state index is 0.0350. The van der Waals surface area contributed by atoms with Gasteiger partial charge in [-0.1, -0.05) is 29.8 Å². The lowest BCUT2D eigenvalue weighted by Crippen LogP contribution is -2.27. The van der Waals surface area contributed by atoms with Crippen molar-refractivity contribution in [2.24, 2.45) is 0 Å². The van der Waals surface area contributed by atoms with E-state index in [0.29, 0.717) is 22.9 Å². The summed E-state index contributed by atoms with van der Waals surface area (Å²) in [5.41, 5.74) is 3.56. The van der Waals surface area contributed by atoms with Crippen LogP contribution in [0.15, 0.2) is 48.5 Å². The molecule has 2 rings (SSSR count). The van der Waals surface area contributed by atoms with Gasteiger partial charge in [-0.2, -0.15) is 0 Å². The van der Waals surface area contributed by atoms with Gasteiger partial charge in [-0.3, -0.25) is 4.79 Å². The summed E-state index contributed by atoms with van der Waals surface area (Å²) in [7, 11) is 0. The van der Waals surface area contributed by atoms with Crippen LogP contribution in [0.25, 0.3) is 0 Å². The van der Waals surface area contributed by atoms with Gasteiger partial charge in [-0.25, -0.2) is 0 Å². The van der Waals surface area contributed by atoms with Crippen molar-refractivity contribution in [1.82, 2.24) is 0 Å². The Balaban J connectivity index is 2.17. The van der Waals surface area contributed by atoms with E-state index in [1.165, 1.54) is 0 Å². The fourth-order valence-corrected chi connectivity index (χ4v) is 2.68. The van der Waals surface area contributed by atoms with Crippen LogP contribution in [0.5, 0.6) is 0 Å². The van der Waals surface area contributed by atoms with Crippen molar-refractivity contribution >= 4 is 34.7 Å². The summed E-state index contributed by atoms with van der Waals surface area (Å²) in [5, 5.41) is 0. The van der Waals surface area contributed by atoms with Gasteiger partial charge in [0.05, 0.1) is 0 Å². The topological polar surface area (TPSA) is 20.3 Å². The smallest absolute Gasteiger partial charge is 0.193 e. The Morgan fingerprint density at radius 2 is 1.32 bits per heavy atom. The number of ketones is 1. The molecule has 0 heterocycles. The van der Waals surface area contributed by atoms with Gasteiger partial charge in [0.25, 0.3) is 0 Å². The number of benzene rings is 2. The highest BCUT2D eigenvalue weighted by Crippen LogP contribution is 2.18. The minimum Gasteiger partial charge on any atom is -0.369 e. The molecule has 2 nitrogen and oxygen atoms in total. The molecular formula is C18H19Cl2NO. The second-order valence-electron chi connectivity index (χ2n) is 5.11. The van der Waals surface area contributed by atoms with Crippen LogP contribution in [0.2, 0.25) is 0 Å². The Bertz CT molecular complexity index is 602.